The molecule has 1 aliphatic heterocycles. The Morgan fingerprint density at radius 2 is 2.50 bits per heavy atom. The first-order valence-electron chi connectivity index (χ1n) is 2.97. The van der Waals surface area contributed by atoms with Crippen molar-refractivity contribution in [1.82, 2.24) is 9.97 Å². The van der Waals surface area contributed by atoms with Gasteiger partial charge in [0.1, 0.15) is 0 Å². The Hall–Kier alpha value is -0.731. The number of fused-ring (bicyclic) bond motifs is 1. The Bertz CT molecular complexity index is 300. The summed E-state index contributed by atoms with van der Waals surface area (Å²) in [5.74, 6) is 0. The molecule has 1 aromatic heterocycles. The van der Waals surface area contributed by atoms with Gasteiger partial charge in [0.25, 0.3) is 0 Å². The number of hydrogen-bond donors (Lipinski definition) is 1. The van der Waals surface area contributed by atoms with E-state index in [-0.39, 0.29) is 0 Å². The molecule has 0 radical (unpaired) electrons. The number of imidazole rings is 1. The number of aromatic nitrogens is 2. The second kappa shape index (κ2) is 2.15. The van der Waals surface area contributed by atoms with Crippen LogP contribution in [0.4, 0.5) is 0 Å². The molecule has 10 heavy (non-hydrogen) atoms. The van der Waals surface area contributed by atoms with E-state index < -0.39 is 0 Å². The molecule has 4 heteroatoms. The van der Waals surface area contributed by atoms with E-state index in [2.05, 4.69) is 30.5 Å². The number of nitrogens with one attached hydrogen (secondary N) is 1. The number of hydrogen-bond acceptors (Lipinski definition) is 2. The van der Waals surface area contributed by atoms with Crippen molar-refractivity contribution in [3.63, 3.8) is 0 Å². The van der Waals surface area contributed by atoms with E-state index in [0.29, 0.717) is 0 Å². The summed E-state index contributed by atoms with van der Waals surface area (Å²) in [6.07, 6.45) is 4.42. The predicted molar refractivity (Wildman–Crippen MR) is 40.6 cm³/mol. The zero-order chi connectivity index (χ0) is 6.97. The van der Waals surface area contributed by atoms with Crippen LogP contribution in [0.1, 0.15) is 11.4 Å². The first-order chi connectivity index (χ1) is 4.88. The summed E-state index contributed by atoms with van der Waals surface area (Å²) in [6, 6.07) is 0. The van der Waals surface area contributed by atoms with Gasteiger partial charge in [-0.25, -0.2) is 0 Å². The molecule has 0 amide bonds. The van der Waals surface area contributed by atoms with E-state index in [1.807, 2.05) is 6.21 Å². The van der Waals surface area contributed by atoms with Gasteiger partial charge < -0.3 is 0 Å². The summed E-state index contributed by atoms with van der Waals surface area (Å²) in [5, 5.41) is 0. The van der Waals surface area contributed by atoms with E-state index in [1.165, 1.54) is 0 Å². The first kappa shape index (κ1) is 6.01. The van der Waals surface area contributed by atoms with Gasteiger partial charge in [-0.05, 0) is 0 Å². The van der Waals surface area contributed by atoms with Crippen molar-refractivity contribution in [3.05, 3.63) is 17.7 Å². The number of rotatable bonds is 0. The van der Waals surface area contributed by atoms with E-state index >= 15 is 0 Å². The van der Waals surface area contributed by atoms with Crippen molar-refractivity contribution in [2.45, 2.75) is 6.42 Å². The molecule has 1 N–H and O–H groups in total. The van der Waals surface area contributed by atoms with Gasteiger partial charge in [-0.1, -0.05) is 0 Å². The van der Waals surface area contributed by atoms with Gasteiger partial charge in [0.15, 0.2) is 0 Å². The van der Waals surface area contributed by atoms with E-state index in [0.717, 1.165) is 22.4 Å². The molecule has 0 aromatic carbocycles. The standard InChI is InChI=1S/C6H5N3Se/c10-6-5-4(1-2-7-6)8-3-9-5/h2-3H,1H2,(H,8,9). The maximum atomic E-state index is 4.10. The van der Waals surface area contributed by atoms with Crippen molar-refractivity contribution in [1.29, 1.82) is 0 Å². The third kappa shape index (κ3) is 0.770. The Morgan fingerprint density at radius 3 is 3.30 bits per heavy atom. The number of nitrogens with zero attached hydrogens (tertiary/aromatic N) is 2. The first-order valence-corrected chi connectivity index (χ1v) is 3.82. The summed E-state index contributed by atoms with van der Waals surface area (Å²) in [7, 11) is 0. The fourth-order valence-corrected chi connectivity index (χ4v) is 1.47. The van der Waals surface area contributed by atoms with Crippen LogP contribution in [0.2, 0.25) is 0 Å². The summed E-state index contributed by atoms with van der Waals surface area (Å²) < 4.78 is 0.877. The van der Waals surface area contributed by atoms with Crippen molar-refractivity contribution in [2.24, 2.45) is 4.99 Å². The van der Waals surface area contributed by atoms with Crippen molar-refractivity contribution < 1.29 is 0 Å². The van der Waals surface area contributed by atoms with E-state index in [1.54, 1.807) is 6.33 Å². The van der Waals surface area contributed by atoms with Gasteiger partial charge in [0.2, 0.25) is 0 Å². The Morgan fingerprint density at radius 1 is 1.60 bits per heavy atom. The Balaban J connectivity index is 2.58. The van der Waals surface area contributed by atoms with Gasteiger partial charge >= 0.3 is 65.4 Å². The molecule has 0 saturated carbocycles. The minimum absolute atomic E-state index is 0.862. The predicted octanol–water partition coefficient (Wildman–Crippen LogP) is -0.317. The Labute approximate surface area is 65.9 Å². The molecule has 50 valence electrons. The zero-order valence-corrected chi connectivity index (χ0v) is 6.88. The minimum atomic E-state index is 0.862. The summed E-state index contributed by atoms with van der Waals surface area (Å²) in [5.41, 5.74) is 2.10. The third-order valence-corrected chi connectivity index (χ3v) is 2.05. The van der Waals surface area contributed by atoms with Gasteiger partial charge in [0.05, 0.1) is 0 Å². The van der Waals surface area contributed by atoms with E-state index in [4.69, 9.17) is 0 Å². The van der Waals surface area contributed by atoms with Crippen LogP contribution < -0.4 is 0 Å². The normalized spacial score (nSPS) is 15.4. The van der Waals surface area contributed by atoms with Crippen LogP contribution in [-0.4, -0.2) is 36.3 Å². The van der Waals surface area contributed by atoms with Gasteiger partial charge in [-0.15, -0.1) is 0 Å². The molecule has 0 aliphatic carbocycles. The molecule has 0 unspecified atom stereocenters. The molecule has 0 bridgehead atoms. The fourth-order valence-electron chi connectivity index (χ4n) is 0.942. The maximum absolute atomic E-state index is 4.10. The summed E-state index contributed by atoms with van der Waals surface area (Å²) in [4.78, 5) is 11.2. The summed E-state index contributed by atoms with van der Waals surface area (Å²) >= 11 is 2.86. The SMILES string of the molecule is [Se]=C1N=CCc2[nH]cnc21. The molecule has 0 atom stereocenters. The van der Waals surface area contributed by atoms with Crippen molar-refractivity contribution in [2.75, 3.05) is 0 Å². The van der Waals surface area contributed by atoms with Crippen molar-refractivity contribution >= 4 is 26.3 Å². The topological polar surface area (TPSA) is 41.0 Å². The summed E-state index contributed by atoms with van der Waals surface area (Å²) in [6.45, 7) is 0. The van der Waals surface area contributed by atoms with Crippen molar-refractivity contribution in [3.8, 4) is 0 Å². The molecule has 1 aromatic rings. The Kier molecular flexibility index (Phi) is 1.29. The molecule has 3 nitrogen and oxygen atoms in total. The fraction of sp³-hybridized carbons (Fsp3) is 0.167. The van der Waals surface area contributed by atoms with Crippen LogP contribution in [0.25, 0.3) is 0 Å². The average Bonchev–Trinajstić information content (AvgIpc) is 2.36. The van der Waals surface area contributed by atoms with Crippen LogP contribution in [-0.2, 0) is 6.42 Å². The van der Waals surface area contributed by atoms with Crippen LogP contribution in [0.15, 0.2) is 11.3 Å². The molecule has 0 spiro atoms. The molecular weight excluding hydrogens is 193 g/mol. The van der Waals surface area contributed by atoms with Gasteiger partial charge in [0, 0.05) is 0 Å². The second-order valence-corrected chi connectivity index (χ2v) is 2.86. The average molecular weight is 198 g/mol. The molecule has 2 rings (SSSR count). The monoisotopic (exact) mass is 199 g/mol. The quantitative estimate of drug-likeness (QED) is 0.570. The van der Waals surface area contributed by atoms with Crippen LogP contribution in [0.3, 0.4) is 0 Å². The number of aliphatic imine (C=N–C) groups is 1. The molecule has 2 heterocycles. The van der Waals surface area contributed by atoms with Gasteiger partial charge in [-0.2, -0.15) is 0 Å². The van der Waals surface area contributed by atoms with Crippen LogP contribution in [0.5, 0.6) is 0 Å². The van der Waals surface area contributed by atoms with Crippen LogP contribution in [0, 0.1) is 0 Å². The molecule has 1 aliphatic rings. The second-order valence-electron chi connectivity index (χ2n) is 2.05. The zero-order valence-electron chi connectivity index (χ0n) is 5.16. The number of H-pyrrole nitrogens is 1. The van der Waals surface area contributed by atoms with E-state index in [9.17, 15) is 0 Å². The molecular formula is C6H5N3Se. The molecule has 0 fully saturated rings. The molecule has 0 saturated heterocycles. The van der Waals surface area contributed by atoms with Crippen LogP contribution >= 0.6 is 0 Å². The number of aromatic amines is 1. The third-order valence-electron chi connectivity index (χ3n) is 1.42. The van der Waals surface area contributed by atoms with Gasteiger partial charge in [-0.3, -0.25) is 0 Å².